The molecule has 0 radical (unpaired) electrons. The molecule has 2 aromatic rings. The molecular weight excluding hydrogens is 264 g/mol. The van der Waals surface area contributed by atoms with Crippen LogP contribution in [0.1, 0.15) is 16.1 Å². The van der Waals surface area contributed by atoms with E-state index in [-0.39, 0.29) is 11.3 Å². The zero-order valence-electron chi connectivity index (χ0n) is 11.0. The second-order valence-electron chi connectivity index (χ2n) is 3.89. The Hall–Kier alpha value is -2.83. The zero-order chi connectivity index (χ0) is 14.9. The van der Waals surface area contributed by atoms with E-state index < -0.39 is 10.9 Å². The number of esters is 1. The van der Waals surface area contributed by atoms with Crippen LogP contribution in [-0.4, -0.2) is 29.8 Å². The molecule has 0 aliphatic heterocycles. The maximum absolute atomic E-state index is 11.9. The van der Waals surface area contributed by atoms with Crippen molar-refractivity contribution in [2.75, 3.05) is 14.2 Å². The number of nitro groups is 1. The van der Waals surface area contributed by atoms with Gasteiger partial charge in [-0.2, -0.15) is 4.73 Å². The van der Waals surface area contributed by atoms with Crippen molar-refractivity contribution in [2.24, 2.45) is 0 Å². The summed E-state index contributed by atoms with van der Waals surface area (Å²) in [5.41, 5.74) is 0.946. The Morgan fingerprint density at radius 2 is 2.15 bits per heavy atom. The van der Waals surface area contributed by atoms with Gasteiger partial charge in [-0.15, -0.1) is 0 Å². The molecule has 0 N–H and O–H groups in total. The summed E-state index contributed by atoms with van der Waals surface area (Å²) in [4.78, 5) is 27.4. The maximum atomic E-state index is 11.9. The van der Waals surface area contributed by atoms with Gasteiger partial charge in [0.2, 0.25) is 0 Å². The van der Waals surface area contributed by atoms with Gasteiger partial charge >= 0.3 is 5.97 Å². The van der Waals surface area contributed by atoms with Crippen LogP contribution < -0.4 is 4.84 Å². The Kier molecular flexibility index (Phi) is 3.43. The summed E-state index contributed by atoms with van der Waals surface area (Å²) in [6.07, 6.45) is 1.43. The molecule has 1 aromatic heterocycles. The number of hydrogen-bond acceptors (Lipinski definition) is 5. The molecule has 0 spiro atoms. The minimum atomic E-state index is -0.561. The standard InChI is InChI=1S/C13H12N2O5/c1-4-10-12(13(16)19-2)9-6-5-8(15(17)18)7-11(9)14(10)20-3/h4-7H,1H2,2-3H3. The Morgan fingerprint density at radius 3 is 2.65 bits per heavy atom. The summed E-state index contributed by atoms with van der Waals surface area (Å²) < 4.78 is 6.04. The highest BCUT2D eigenvalue weighted by atomic mass is 16.6. The first-order valence-corrected chi connectivity index (χ1v) is 5.63. The van der Waals surface area contributed by atoms with Gasteiger partial charge < -0.3 is 9.57 Å². The van der Waals surface area contributed by atoms with Crippen LogP contribution in [0.2, 0.25) is 0 Å². The van der Waals surface area contributed by atoms with E-state index in [0.717, 1.165) is 0 Å². The van der Waals surface area contributed by atoms with Gasteiger partial charge in [-0.3, -0.25) is 10.1 Å². The quantitative estimate of drug-likeness (QED) is 0.484. The van der Waals surface area contributed by atoms with Gasteiger partial charge in [0.15, 0.2) is 0 Å². The van der Waals surface area contributed by atoms with Gasteiger partial charge in [-0.1, -0.05) is 6.58 Å². The van der Waals surface area contributed by atoms with Crippen molar-refractivity contribution < 1.29 is 19.3 Å². The fourth-order valence-corrected chi connectivity index (χ4v) is 2.08. The molecule has 1 heterocycles. The molecule has 0 atom stereocenters. The van der Waals surface area contributed by atoms with Crippen molar-refractivity contribution in [3.8, 4) is 0 Å². The molecule has 0 unspecified atom stereocenters. The maximum Gasteiger partial charge on any atom is 0.340 e. The summed E-state index contributed by atoms with van der Waals surface area (Å²) in [5, 5.41) is 11.3. The lowest BCUT2D eigenvalue weighted by atomic mass is 10.1. The van der Waals surface area contributed by atoms with Gasteiger partial charge in [-0.05, 0) is 12.1 Å². The van der Waals surface area contributed by atoms with E-state index in [4.69, 9.17) is 9.57 Å². The van der Waals surface area contributed by atoms with Gasteiger partial charge in [-0.25, -0.2) is 4.79 Å². The van der Waals surface area contributed by atoms with Crippen LogP contribution in [-0.2, 0) is 4.74 Å². The Bertz CT molecular complexity index is 717. The number of carbonyl (C=O) groups is 1. The third-order valence-corrected chi connectivity index (χ3v) is 2.92. The molecule has 1 aromatic carbocycles. The highest BCUT2D eigenvalue weighted by Gasteiger charge is 2.23. The van der Waals surface area contributed by atoms with E-state index in [1.807, 2.05) is 0 Å². The van der Waals surface area contributed by atoms with Gasteiger partial charge in [0, 0.05) is 17.5 Å². The molecule has 2 rings (SSSR count). The van der Waals surface area contributed by atoms with Crippen molar-refractivity contribution >= 4 is 28.6 Å². The predicted molar refractivity (Wildman–Crippen MR) is 72.5 cm³/mol. The normalized spacial score (nSPS) is 10.3. The zero-order valence-corrected chi connectivity index (χ0v) is 11.0. The lowest BCUT2D eigenvalue weighted by Crippen LogP contribution is -2.09. The van der Waals surface area contributed by atoms with Gasteiger partial charge in [0.05, 0.1) is 28.8 Å². The Morgan fingerprint density at radius 1 is 1.45 bits per heavy atom. The highest BCUT2D eigenvalue weighted by molar-refractivity contribution is 6.08. The fourth-order valence-electron chi connectivity index (χ4n) is 2.08. The number of methoxy groups -OCH3 is 1. The van der Waals surface area contributed by atoms with Crippen LogP contribution in [0.15, 0.2) is 24.8 Å². The van der Waals surface area contributed by atoms with E-state index in [9.17, 15) is 14.9 Å². The second kappa shape index (κ2) is 5.04. The topological polar surface area (TPSA) is 83.6 Å². The third-order valence-electron chi connectivity index (χ3n) is 2.92. The molecule has 7 nitrogen and oxygen atoms in total. The number of nitro benzene ring substituents is 1. The average molecular weight is 276 g/mol. The highest BCUT2D eigenvalue weighted by Crippen LogP contribution is 2.30. The number of rotatable bonds is 4. The van der Waals surface area contributed by atoms with E-state index in [1.165, 1.54) is 43.2 Å². The summed E-state index contributed by atoms with van der Waals surface area (Å²) in [6, 6.07) is 4.14. The van der Waals surface area contributed by atoms with Crippen LogP contribution in [0.3, 0.4) is 0 Å². The number of benzene rings is 1. The Labute approximate surface area is 114 Å². The van der Waals surface area contributed by atoms with Crippen LogP contribution in [0, 0.1) is 10.1 Å². The van der Waals surface area contributed by atoms with Gasteiger partial charge in [0.25, 0.3) is 5.69 Å². The SMILES string of the molecule is C=Cc1c(C(=O)OC)c2ccc([N+](=O)[O-])cc2n1OC. The summed E-state index contributed by atoms with van der Waals surface area (Å²) in [6.45, 7) is 3.63. The van der Waals surface area contributed by atoms with Gasteiger partial charge in [0.1, 0.15) is 7.11 Å². The number of aromatic nitrogens is 1. The molecule has 0 saturated carbocycles. The first-order chi connectivity index (χ1) is 9.54. The fraction of sp³-hybridized carbons (Fsp3) is 0.154. The van der Waals surface area contributed by atoms with E-state index in [2.05, 4.69) is 6.58 Å². The molecule has 0 aliphatic carbocycles. The number of ether oxygens (including phenoxy) is 1. The summed E-state index contributed by atoms with van der Waals surface area (Å²) in [7, 11) is 2.66. The molecule has 0 amide bonds. The molecule has 0 aliphatic rings. The lowest BCUT2D eigenvalue weighted by molar-refractivity contribution is -0.384. The molecule has 104 valence electrons. The number of non-ortho nitro benzene ring substituents is 1. The monoisotopic (exact) mass is 276 g/mol. The number of nitrogens with zero attached hydrogens (tertiary/aromatic N) is 2. The van der Waals surface area contributed by atoms with Crippen molar-refractivity contribution in [3.05, 3.63) is 46.1 Å². The summed E-state index contributed by atoms with van der Waals surface area (Å²) >= 11 is 0. The molecule has 0 bridgehead atoms. The van der Waals surface area contributed by atoms with E-state index >= 15 is 0 Å². The van der Waals surface area contributed by atoms with Crippen LogP contribution in [0.5, 0.6) is 0 Å². The van der Waals surface area contributed by atoms with Crippen LogP contribution in [0.25, 0.3) is 17.0 Å². The third kappa shape index (κ3) is 1.89. The minimum absolute atomic E-state index is 0.0969. The smallest absolute Gasteiger partial charge is 0.340 e. The van der Waals surface area contributed by atoms with E-state index in [1.54, 1.807) is 0 Å². The van der Waals surface area contributed by atoms with Crippen molar-refractivity contribution in [1.82, 2.24) is 4.73 Å². The predicted octanol–water partition coefficient (Wildman–Crippen LogP) is 2.04. The Balaban J connectivity index is 2.88. The van der Waals surface area contributed by atoms with Crippen molar-refractivity contribution in [2.45, 2.75) is 0 Å². The molecule has 0 saturated heterocycles. The van der Waals surface area contributed by atoms with Crippen LogP contribution in [0.4, 0.5) is 5.69 Å². The van der Waals surface area contributed by atoms with E-state index in [0.29, 0.717) is 16.6 Å². The first kappa shape index (κ1) is 13.6. The lowest BCUT2D eigenvalue weighted by Gasteiger charge is -2.05. The molecule has 20 heavy (non-hydrogen) atoms. The van der Waals surface area contributed by atoms with Crippen molar-refractivity contribution in [1.29, 1.82) is 0 Å². The average Bonchev–Trinajstić information content (AvgIpc) is 2.78. The number of carbonyl (C=O) groups excluding carboxylic acids is 1. The van der Waals surface area contributed by atoms with Crippen LogP contribution >= 0.6 is 0 Å². The molecule has 7 heteroatoms. The van der Waals surface area contributed by atoms with Crippen molar-refractivity contribution in [3.63, 3.8) is 0 Å². The second-order valence-corrected chi connectivity index (χ2v) is 3.89. The largest absolute Gasteiger partial charge is 0.465 e. The number of hydrogen-bond donors (Lipinski definition) is 0. The molecular formula is C13H12N2O5. The summed E-state index contributed by atoms with van der Waals surface area (Å²) in [5.74, 6) is -0.561. The molecule has 0 fully saturated rings. The number of fused-ring (bicyclic) bond motifs is 1. The first-order valence-electron chi connectivity index (χ1n) is 5.63. The minimum Gasteiger partial charge on any atom is -0.465 e.